The summed E-state index contributed by atoms with van der Waals surface area (Å²) in [7, 11) is 0. The van der Waals surface area contributed by atoms with Gasteiger partial charge in [-0.15, -0.1) is 0 Å². The van der Waals surface area contributed by atoms with Crippen LogP contribution in [0.15, 0.2) is 47.4 Å². The van der Waals surface area contributed by atoms with Crippen LogP contribution < -0.4 is 10.9 Å². The van der Waals surface area contributed by atoms with Crippen molar-refractivity contribution in [3.05, 3.63) is 68.9 Å². The van der Waals surface area contributed by atoms with Gasteiger partial charge in [-0.05, 0) is 18.1 Å². The van der Waals surface area contributed by atoms with Crippen LogP contribution in [0.25, 0.3) is 11.0 Å². The molecule has 0 bridgehead atoms. The Morgan fingerprint density at radius 3 is 2.70 bits per heavy atom. The lowest BCUT2D eigenvalue weighted by Gasteiger charge is -2.20. The van der Waals surface area contributed by atoms with Gasteiger partial charge in [0, 0.05) is 12.1 Å². The third-order valence-corrected chi connectivity index (χ3v) is 4.18. The van der Waals surface area contributed by atoms with Crippen LogP contribution in [0.3, 0.4) is 0 Å². The molecular weight excluding hydrogens is 350 g/mol. The van der Waals surface area contributed by atoms with Crippen LogP contribution in [-0.4, -0.2) is 25.4 Å². The summed E-state index contributed by atoms with van der Waals surface area (Å²) in [5, 5.41) is 13.7. The first-order valence-corrected chi connectivity index (χ1v) is 8.44. The zero-order valence-electron chi connectivity index (χ0n) is 14.9. The SMILES string of the molecule is CC(C)C(NC(=O)Cn1cc([N+](=O)[O-])ccc1=O)c1nc2ccccc2[nH]1. The summed E-state index contributed by atoms with van der Waals surface area (Å²) in [5.74, 6) is 0.221. The highest BCUT2D eigenvalue weighted by Gasteiger charge is 2.22. The van der Waals surface area contributed by atoms with Crippen LogP contribution in [0.5, 0.6) is 0 Å². The van der Waals surface area contributed by atoms with Crippen LogP contribution in [-0.2, 0) is 11.3 Å². The minimum absolute atomic E-state index is 0.0383. The predicted molar refractivity (Wildman–Crippen MR) is 99.2 cm³/mol. The number of fused-ring (bicyclic) bond motifs is 1. The fourth-order valence-electron chi connectivity index (χ4n) is 2.79. The summed E-state index contributed by atoms with van der Waals surface area (Å²) < 4.78 is 1.02. The van der Waals surface area contributed by atoms with Crippen molar-refractivity contribution in [3.8, 4) is 0 Å². The van der Waals surface area contributed by atoms with E-state index in [2.05, 4.69) is 15.3 Å². The Kier molecular flexibility index (Phi) is 5.02. The van der Waals surface area contributed by atoms with E-state index in [-0.39, 0.29) is 24.2 Å². The van der Waals surface area contributed by atoms with E-state index in [0.717, 1.165) is 33.9 Å². The van der Waals surface area contributed by atoms with Crippen LogP contribution >= 0.6 is 0 Å². The second kappa shape index (κ2) is 7.40. The summed E-state index contributed by atoms with van der Waals surface area (Å²) in [4.78, 5) is 42.3. The maximum absolute atomic E-state index is 12.5. The van der Waals surface area contributed by atoms with Gasteiger partial charge in [-0.25, -0.2) is 4.98 Å². The summed E-state index contributed by atoms with van der Waals surface area (Å²) in [6.07, 6.45) is 1.06. The molecule has 2 N–H and O–H groups in total. The van der Waals surface area contributed by atoms with Crippen LogP contribution in [0.4, 0.5) is 5.69 Å². The van der Waals surface area contributed by atoms with Gasteiger partial charge in [-0.2, -0.15) is 0 Å². The van der Waals surface area contributed by atoms with E-state index >= 15 is 0 Å². The lowest BCUT2D eigenvalue weighted by Crippen LogP contribution is -2.36. The Labute approximate surface area is 154 Å². The zero-order valence-corrected chi connectivity index (χ0v) is 14.9. The molecular formula is C18H19N5O4. The molecule has 9 nitrogen and oxygen atoms in total. The van der Waals surface area contributed by atoms with Gasteiger partial charge < -0.3 is 10.3 Å². The molecule has 0 spiro atoms. The molecule has 2 aromatic heterocycles. The maximum atomic E-state index is 12.5. The third-order valence-electron chi connectivity index (χ3n) is 4.18. The highest BCUT2D eigenvalue weighted by molar-refractivity contribution is 5.77. The lowest BCUT2D eigenvalue weighted by atomic mass is 10.0. The van der Waals surface area contributed by atoms with Gasteiger partial charge in [0.1, 0.15) is 12.4 Å². The van der Waals surface area contributed by atoms with Gasteiger partial charge in [0.25, 0.3) is 11.2 Å². The number of aromatic amines is 1. The molecule has 9 heteroatoms. The van der Waals surface area contributed by atoms with Gasteiger partial charge in [0.05, 0.1) is 28.2 Å². The molecule has 0 saturated carbocycles. The van der Waals surface area contributed by atoms with Gasteiger partial charge in [0.15, 0.2) is 0 Å². The molecule has 1 atom stereocenters. The third kappa shape index (κ3) is 4.02. The maximum Gasteiger partial charge on any atom is 0.285 e. The Morgan fingerprint density at radius 2 is 2.04 bits per heavy atom. The molecule has 0 saturated heterocycles. The summed E-state index contributed by atoms with van der Waals surface area (Å²) >= 11 is 0. The number of H-pyrrole nitrogens is 1. The number of carbonyl (C=O) groups is 1. The first-order valence-electron chi connectivity index (χ1n) is 8.44. The Hall–Kier alpha value is -3.49. The monoisotopic (exact) mass is 369 g/mol. The molecule has 3 aromatic rings. The molecule has 27 heavy (non-hydrogen) atoms. The first-order chi connectivity index (χ1) is 12.8. The van der Waals surface area contributed by atoms with Crippen LogP contribution in [0, 0.1) is 16.0 Å². The van der Waals surface area contributed by atoms with Gasteiger partial charge in [0.2, 0.25) is 5.91 Å². The molecule has 140 valence electrons. The lowest BCUT2D eigenvalue weighted by molar-refractivity contribution is -0.385. The highest BCUT2D eigenvalue weighted by atomic mass is 16.6. The molecule has 0 aliphatic carbocycles. The van der Waals surface area contributed by atoms with Crippen LogP contribution in [0.1, 0.15) is 25.7 Å². The van der Waals surface area contributed by atoms with Crippen molar-refractivity contribution in [1.29, 1.82) is 0 Å². The van der Waals surface area contributed by atoms with Crippen molar-refractivity contribution in [2.75, 3.05) is 0 Å². The molecule has 0 fully saturated rings. The predicted octanol–water partition coefficient (Wildman–Crippen LogP) is 2.15. The normalized spacial score (nSPS) is 12.3. The topological polar surface area (TPSA) is 123 Å². The number of hydrogen-bond acceptors (Lipinski definition) is 5. The Morgan fingerprint density at radius 1 is 1.30 bits per heavy atom. The Bertz CT molecular complexity index is 1020. The van der Waals surface area contributed by atoms with E-state index in [9.17, 15) is 19.7 Å². The van der Waals surface area contributed by atoms with E-state index < -0.39 is 16.4 Å². The number of aromatic nitrogens is 3. The number of carbonyl (C=O) groups excluding carboxylic acids is 1. The number of imidazole rings is 1. The summed E-state index contributed by atoms with van der Waals surface area (Å²) in [6.45, 7) is 3.57. The molecule has 1 aromatic carbocycles. The van der Waals surface area contributed by atoms with Crippen LogP contribution in [0.2, 0.25) is 0 Å². The van der Waals surface area contributed by atoms with E-state index in [0.29, 0.717) is 5.82 Å². The number of nitrogens with zero attached hydrogens (tertiary/aromatic N) is 3. The van der Waals surface area contributed by atoms with E-state index in [1.807, 2.05) is 38.1 Å². The molecule has 0 radical (unpaired) electrons. The van der Waals surface area contributed by atoms with Crippen molar-refractivity contribution in [2.24, 2.45) is 5.92 Å². The van der Waals surface area contributed by atoms with Crippen molar-refractivity contribution in [2.45, 2.75) is 26.4 Å². The quantitative estimate of drug-likeness (QED) is 0.509. The van der Waals surface area contributed by atoms with E-state index in [1.165, 1.54) is 0 Å². The number of pyridine rings is 1. The number of hydrogen-bond donors (Lipinski definition) is 2. The molecule has 3 rings (SSSR count). The number of nitrogens with one attached hydrogen (secondary N) is 2. The Balaban J connectivity index is 1.81. The fourth-order valence-corrected chi connectivity index (χ4v) is 2.79. The number of rotatable bonds is 6. The number of nitro groups is 1. The van der Waals surface area contributed by atoms with Gasteiger partial charge in [-0.1, -0.05) is 26.0 Å². The smallest absolute Gasteiger partial charge is 0.285 e. The van der Waals surface area contributed by atoms with Gasteiger partial charge in [-0.3, -0.25) is 24.3 Å². The summed E-state index contributed by atoms with van der Waals surface area (Å²) in [5.41, 5.74) is 0.922. The number of amides is 1. The molecule has 1 amide bonds. The van der Waals surface area contributed by atoms with Gasteiger partial charge >= 0.3 is 0 Å². The number of para-hydroxylation sites is 2. The van der Waals surface area contributed by atoms with Crippen molar-refractivity contribution in [1.82, 2.24) is 19.9 Å². The standard InChI is InChI=1S/C18H19N5O4/c1-11(2)17(18-19-13-5-3-4-6-14(13)20-18)21-15(24)10-22-9-12(23(26)27)7-8-16(22)25/h3-9,11,17H,10H2,1-2H3,(H,19,20)(H,21,24). The minimum Gasteiger partial charge on any atom is -0.344 e. The highest BCUT2D eigenvalue weighted by Crippen LogP contribution is 2.22. The van der Waals surface area contributed by atoms with E-state index in [4.69, 9.17) is 0 Å². The van der Waals surface area contributed by atoms with E-state index in [1.54, 1.807) is 0 Å². The zero-order chi connectivity index (χ0) is 19.6. The molecule has 0 aliphatic rings. The van der Waals surface area contributed by atoms with Crippen molar-refractivity contribution < 1.29 is 9.72 Å². The summed E-state index contributed by atoms with van der Waals surface area (Å²) in [6, 6.07) is 9.34. The fraction of sp³-hybridized carbons (Fsp3) is 0.278. The number of benzene rings is 1. The van der Waals surface area contributed by atoms with Crippen molar-refractivity contribution >= 4 is 22.6 Å². The average Bonchev–Trinajstić information content (AvgIpc) is 3.04. The second-order valence-corrected chi connectivity index (χ2v) is 6.54. The molecule has 1 unspecified atom stereocenters. The average molecular weight is 369 g/mol. The van der Waals surface area contributed by atoms with Crippen molar-refractivity contribution in [3.63, 3.8) is 0 Å². The second-order valence-electron chi connectivity index (χ2n) is 6.54. The minimum atomic E-state index is -0.612. The first kappa shape index (κ1) is 18.3. The molecule has 2 heterocycles. The largest absolute Gasteiger partial charge is 0.344 e. The molecule has 0 aliphatic heterocycles.